The van der Waals surface area contributed by atoms with Crippen molar-refractivity contribution in [3.8, 4) is 0 Å². The number of nitrogens with zero attached hydrogens (tertiary/aromatic N) is 1. The fourth-order valence-corrected chi connectivity index (χ4v) is 1.78. The second-order valence-corrected chi connectivity index (χ2v) is 4.95. The van der Waals surface area contributed by atoms with E-state index in [0.29, 0.717) is 21.4 Å². The maximum atomic E-state index is 11.8. The smallest absolute Gasteiger partial charge is 0.292 e. The SMILES string of the molecule is N/C(=N\Nc1cccc(Cl)c1)C(=O)Nc1ccc(Cl)cc1. The fraction of sp³-hybridized carbons (Fsp3) is 0. The molecule has 0 aliphatic heterocycles. The van der Waals surface area contributed by atoms with E-state index in [4.69, 9.17) is 28.9 Å². The summed E-state index contributed by atoms with van der Waals surface area (Å²) in [6.07, 6.45) is 0. The second kappa shape index (κ2) is 6.97. The zero-order chi connectivity index (χ0) is 15.2. The highest BCUT2D eigenvalue weighted by atomic mass is 35.5. The van der Waals surface area contributed by atoms with Crippen molar-refractivity contribution in [3.05, 3.63) is 58.6 Å². The number of nitrogens with two attached hydrogens (primary N) is 1. The van der Waals surface area contributed by atoms with E-state index in [1.165, 1.54) is 0 Å². The minimum atomic E-state index is -0.521. The van der Waals surface area contributed by atoms with Crippen LogP contribution in [0, 0.1) is 0 Å². The largest absolute Gasteiger partial charge is 0.378 e. The van der Waals surface area contributed by atoms with Crippen LogP contribution in [-0.2, 0) is 4.79 Å². The molecule has 0 saturated heterocycles. The molecule has 0 unspecified atom stereocenters. The third-order valence-electron chi connectivity index (χ3n) is 2.46. The molecule has 0 bridgehead atoms. The molecule has 4 N–H and O–H groups in total. The van der Waals surface area contributed by atoms with Crippen LogP contribution in [0.2, 0.25) is 10.0 Å². The van der Waals surface area contributed by atoms with Crippen LogP contribution in [0.15, 0.2) is 53.6 Å². The second-order valence-electron chi connectivity index (χ2n) is 4.08. The summed E-state index contributed by atoms with van der Waals surface area (Å²) in [5.41, 5.74) is 9.46. The monoisotopic (exact) mass is 322 g/mol. The van der Waals surface area contributed by atoms with Gasteiger partial charge in [0.1, 0.15) is 0 Å². The van der Waals surface area contributed by atoms with Gasteiger partial charge in [-0.3, -0.25) is 10.2 Å². The van der Waals surface area contributed by atoms with E-state index in [1.807, 2.05) is 0 Å². The molecule has 0 spiro atoms. The van der Waals surface area contributed by atoms with Crippen LogP contribution in [0.3, 0.4) is 0 Å². The highest BCUT2D eigenvalue weighted by molar-refractivity contribution is 6.41. The van der Waals surface area contributed by atoms with Crippen molar-refractivity contribution in [1.29, 1.82) is 0 Å². The predicted molar refractivity (Wildman–Crippen MR) is 86.8 cm³/mol. The van der Waals surface area contributed by atoms with Crippen LogP contribution in [0.5, 0.6) is 0 Å². The van der Waals surface area contributed by atoms with Gasteiger partial charge >= 0.3 is 0 Å². The first-order chi connectivity index (χ1) is 10.0. The number of hydrogen-bond acceptors (Lipinski definition) is 3. The molecule has 0 atom stereocenters. The van der Waals surface area contributed by atoms with Gasteiger partial charge in [0, 0.05) is 15.7 Å². The molecule has 0 aromatic heterocycles. The summed E-state index contributed by atoms with van der Waals surface area (Å²) in [5, 5.41) is 7.53. The summed E-state index contributed by atoms with van der Waals surface area (Å²) in [7, 11) is 0. The molecular weight excluding hydrogens is 311 g/mol. The zero-order valence-corrected chi connectivity index (χ0v) is 12.3. The lowest BCUT2D eigenvalue weighted by Gasteiger charge is -2.05. The van der Waals surface area contributed by atoms with Crippen molar-refractivity contribution in [2.45, 2.75) is 0 Å². The standard InChI is InChI=1S/C14H12Cl2N4O/c15-9-4-6-11(7-5-9)18-14(21)13(17)20-19-12-3-1-2-10(16)8-12/h1-8,19H,(H2,17,20)(H,18,21). The molecule has 2 aromatic carbocycles. The third kappa shape index (κ3) is 4.66. The Bertz CT molecular complexity index is 671. The highest BCUT2D eigenvalue weighted by Gasteiger charge is 2.07. The average Bonchev–Trinajstić information content (AvgIpc) is 2.47. The summed E-state index contributed by atoms with van der Waals surface area (Å²) in [5.74, 6) is -0.725. The van der Waals surface area contributed by atoms with E-state index in [0.717, 1.165) is 0 Å². The Morgan fingerprint density at radius 1 is 1.00 bits per heavy atom. The molecule has 1 amide bonds. The Hall–Kier alpha value is -2.24. The van der Waals surface area contributed by atoms with Crippen LogP contribution in [-0.4, -0.2) is 11.7 Å². The molecule has 0 aliphatic carbocycles. The van der Waals surface area contributed by atoms with Crippen molar-refractivity contribution in [3.63, 3.8) is 0 Å². The number of hydrogen-bond donors (Lipinski definition) is 3. The maximum Gasteiger partial charge on any atom is 0.292 e. The molecule has 0 saturated carbocycles. The normalized spacial score (nSPS) is 11.0. The number of amides is 1. The Morgan fingerprint density at radius 3 is 2.38 bits per heavy atom. The number of halogens is 2. The lowest BCUT2D eigenvalue weighted by Crippen LogP contribution is -2.31. The summed E-state index contributed by atoms with van der Waals surface area (Å²) >= 11 is 11.6. The van der Waals surface area contributed by atoms with Crippen LogP contribution >= 0.6 is 23.2 Å². The molecule has 0 fully saturated rings. The number of hydrazone groups is 1. The Labute approximate surface area is 131 Å². The van der Waals surface area contributed by atoms with E-state index < -0.39 is 5.91 Å². The topological polar surface area (TPSA) is 79.5 Å². The van der Waals surface area contributed by atoms with Crippen LogP contribution in [0.1, 0.15) is 0 Å². The predicted octanol–water partition coefficient (Wildman–Crippen LogP) is 3.32. The zero-order valence-electron chi connectivity index (χ0n) is 10.8. The first kappa shape index (κ1) is 15.2. The molecule has 108 valence electrons. The van der Waals surface area contributed by atoms with Crippen molar-refractivity contribution in [1.82, 2.24) is 0 Å². The number of nitrogens with one attached hydrogen (secondary N) is 2. The van der Waals surface area contributed by atoms with E-state index in [-0.39, 0.29) is 5.84 Å². The number of amidine groups is 1. The molecular formula is C14H12Cl2N4O. The number of anilines is 2. The van der Waals surface area contributed by atoms with E-state index >= 15 is 0 Å². The lowest BCUT2D eigenvalue weighted by atomic mass is 10.3. The van der Waals surface area contributed by atoms with Crippen molar-refractivity contribution in [2.24, 2.45) is 10.8 Å². The Kier molecular flexibility index (Phi) is 5.03. The van der Waals surface area contributed by atoms with Crippen molar-refractivity contribution in [2.75, 3.05) is 10.7 Å². The van der Waals surface area contributed by atoms with Gasteiger partial charge in [-0.25, -0.2) is 0 Å². The van der Waals surface area contributed by atoms with Crippen molar-refractivity contribution < 1.29 is 4.79 Å². The first-order valence-corrected chi connectivity index (χ1v) is 6.72. The van der Waals surface area contributed by atoms with Crippen molar-refractivity contribution >= 4 is 46.3 Å². The quantitative estimate of drug-likeness (QED) is 0.460. The van der Waals surface area contributed by atoms with Gasteiger partial charge in [-0.15, -0.1) is 0 Å². The van der Waals surface area contributed by atoms with E-state index in [9.17, 15) is 4.79 Å². The van der Waals surface area contributed by atoms with Crippen LogP contribution in [0.4, 0.5) is 11.4 Å². The Morgan fingerprint density at radius 2 is 1.71 bits per heavy atom. The minimum absolute atomic E-state index is 0.204. The highest BCUT2D eigenvalue weighted by Crippen LogP contribution is 2.15. The van der Waals surface area contributed by atoms with Gasteiger partial charge in [0.15, 0.2) is 0 Å². The molecule has 7 heteroatoms. The lowest BCUT2D eigenvalue weighted by molar-refractivity contribution is -0.110. The molecule has 0 heterocycles. The molecule has 2 aromatic rings. The summed E-state index contributed by atoms with van der Waals surface area (Å²) in [4.78, 5) is 11.8. The maximum absolute atomic E-state index is 11.8. The average molecular weight is 323 g/mol. The number of carbonyl (C=O) groups excluding carboxylic acids is 1. The molecule has 0 radical (unpaired) electrons. The van der Waals surface area contributed by atoms with Gasteiger partial charge in [0.2, 0.25) is 5.84 Å². The summed E-state index contributed by atoms with van der Waals surface area (Å²) in [6, 6.07) is 13.5. The van der Waals surface area contributed by atoms with E-state index in [1.54, 1.807) is 48.5 Å². The summed E-state index contributed by atoms with van der Waals surface area (Å²) in [6.45, 7) is 0. The molecule has 2 rings (SSSR count). The molecule has 21 heavy (non-hydrogen) atoms. The van der Waals surface area contributed by atoms with Crippen LogP contribution in [0.25, 0.3) is 0 Å². The first-order valence-electron chi connectivity index (χ1n) is 5.96. The molecule has 5 nitrogen and oxygen atoms in total. The van der Waals surface area contributed by atoms with Gasteiger partial charge in [0.05, 0.1) is 5.69 Å². The van der Waals surface area contributed by atoms with Gasteiger partial charge in [-0.1, -0.05) is 29.3 Å². The molecule has 0 aliphatic rings. The van der Waals surface area contributed by atoms with Gasteiger partial charge in [-0.2, -0.15) is 5.10 Å². The fourth-order valence-electron chi connectivity index (χ4n) is 1.46. The number of carbonyl (C=O) groups is 1. The number of benzene rings is 2. The van der Waals surface area contributed by atoms with Gasteiger partial charge < -0.3 is 11.1 Å². The third-order valence-corrected chi connectivity index (χ3v) is 2.95. The van der Waals surface area contributed by atoms with Gasteiger partial charge in [-0.05, 0) is 42.5 Å². The minimum Gasteiger partial charge on any atom is -0.378 e. The van der Waals surface area contributed by atoms with E-state index in [2.05, 4.69) is 15.8 Å². The number of rotatable bonds is 3. The Balaban J connectivity index is 1.98. The van der Waals surface area contributed by atoms with Gasteiger partial charge in [0.25, 0.3) is 5.91 Å². The summed E-state index contributed by atoms with van der Waals surface area (Å²) < 4.78 is 0. The van der Waals surface area contributed by atoms with Crippen LogP contribution < -0.4 is 16.5 Å².